The molecule has 2 aliphatic rings. The van der Waals surface area contributed by atoms with Gasteiger partial charge in [0.25, 0.3) is 5.91 Å². The standard InChI is InChI=1S/C20H20F4N4OS/c1-19(2)17(29)27(13-5-3-11(9-25)15(7-13)20(22,23)24)18(30)28(19)14-6-4-12(10-26)16(21)8-14/h3,5,7-8,18,30H,4,6,10,26H2,1-2H3. The lowest BCUT2D eigenvalue weighted by Crippen LogP contribution is -2.44. The third-order valence-corrected chi connectivity index (χ3v) is 5.85. The molecule has 1 aromatic carbocycles. The number of allylic oxidation sites excluding steroid dienone is 3. The summed E-state index contributed by atoms with van der Waals surface area (Å²) >= 11 is 4.49. The molecule has 0 spiro atoms. The first-order valence-electron chi connectivity index (χ1n) is 9.14. The molecule has 2 N–H and O–H groups in total. The number of benzene rings is 1. The van der Waals surface area contributed by atoms with E-state index in [4.69, 9.17) is 11.0 Å². The SMILES string of the molecule is CC1(C)C(=O)N(c2ccc(C#N)c(C(F)(F)F)c2)C(S)N1C1=CC(F)=C(CN)CC1. The van der Waals surface area contributed by atoms with E-state index in [2.05, 4.69) is 12.6 Å². The molecule has 0 bridgehead atoms. The summed E-state index contributed by atoms with van der Waals surface area (Å²) in [6.07, 6.45) is -2.66. The number of anilines is 1. The Hall–Kier alpha value is -2.51. The van der Waals surface area contributed by atoms with Crippen LogP contribution in [0.5, 0.6) is 0 Å². The highest BCUT2D eigenvalue weighted by atomic mass is 32.1. The Kier molecular flexibility index (Phi) is 5.64. The normalized spacial score (nSPS) is 21.8. The van der Waals surface area contributed by atoms with Crippen molar-refractivity contribution in [1.82, 2.24) is 4.90 Å². The van der Waals surface area contributed by atoms with E-state index in [0.29, 0.717) is 24.1 Å². The van der Waals surface area contributed by atoms with Crippen molar-refractivity contribution in [3.63, 3.8) is 0 Å². The summed E-state index contributed by atoms with van der Waals surface area (Å²) in [5.41, 5.74) is 2.66. The number of nitrogens with zero attached hydrogens (tertiary/aromatic N) is 3. The monoisotopic (exact) mass is 440 g/mol. The van der Waals surface area contributed by atoms with E-state index >= 15 is 0 Å². The molecule has 1 aliphatic carbocycles. The van der Waals surface area contributed by atoms with E-state index in [1.54, 1.807) is 18.7 Å². The lowest BCUT2D eigenvalue weighted by atomic mass is 9.97. The molecule has 1 atom stereocenters. The van der Waals surface area contributed by atoms with Crippen LogP contribution in [0.25, 0.3) is 0 Å². The summed E-state index contributed by atoms with van der Waals surface area (Å²) in [5, 5.41) is 8.99. The number of alkyl halides is 3. The number of nitrogens with two attached hydrogens (primary N) is 1. The van der Waals surface area contributed by atoms with Crippen molar-refractivity contribution in [3.05, 3.63) is 52.5 Å². The van der Waals surface area contributed by atoms with E-state index in [1.165, 1.54) is 18.2 Å². The largest absolute Gasteiger partial charge is 0.417 e. The first kappa shape index (κ1) is 22.2. The third-order valence-electron chi connectivity index (χ3n) is 5.38. The van der Waals surface area contributed by atoms with Gasteiger partial charge in [-0.1, -0.05) is 0 Å². The average molecular weight is 440 g/mol. The first-order valence-corrected chi connectivity index (χ1v) is 9.65. The number of nitriles is 1. The van der Waals surface area contributed by atoms with Crippen LogP contribution in [-0.4, -0.2) is 28.4 Å². The Labute approximate surface area is 176 Å². The molecular weight excluding hydrogens is 420 g/mol. The van der Waals surface area contributed by atoms with E-state index in [0.717, 1.165) is 17.0 Å². The smallest absolute Gasteiger partial charge is 0.332 e. The second kappa shape index (κ2) is 7.63. The molecule has 1 unspecified atom stereocenters. The molecule has 30 heavy (non-hydrogen) atoms. The zero-order chi connectivity index (χ0) is 22.4. The molecule has 3 rings (SSSR count). The van der Waals surface area contributed by atoms with Crippen molar-refractivity contribution in [2.24, 2.45) is 5.73 Å². The molecule has 1 amide bonds. The Morgan fingerprint density at radius 2 is 2.00 bits per heavy atom. The number of amides is 1. The van der Waals surface area contributed by atoms with Crippen LogP contribution in [0, 0.1) is 11.3 Å². The highest BCUT2D eigenvalue weighted by molar-refractivity contribution is 7.81. The van der Waals surface area contributed by atoms with Crippen LogP contribution in [0.1, 0.15) is 37.8 Å². The van der Waals surface area contributed by atoms with Gasteiger partial charge in [0.15, 0.2) is 5.50 Å². The summed E-state index contributed by atoms with van der Waals surface area (Å²) in [6, 6.07) is 4.58. The van der Waals surface area contributed by atoms with Gasteiger partial charge in [-0.25, -0.2) is 4.39 Å². The number of carbonyl (C=O) groups excluding carboxylic acids is 1. The Balaban J connectivity index is 2.07. The minimum atomic E-state index is -4.76. The maximum Gasteiger partial charge on any atom is 0.417 e. The minimum Gasteiger partial charge on any atom is -0.332 e. The van der Waals surface area contributed by atoms with Crippen LogP contribution in [0.3, 0.4) is 0 Å². The zero-order valence-electron chi connectivity index (χ0n) is 16.3. The molecule has 1 aliphatic heterocycles. The van der Waals surface area contributed by atoms with Crippen molar-refractivity contribution < 1.29 is 22.4 Å². The molecule has 10 heteroatoms. The van der Waals surface area contributed by atoms with Crippen LogP contribution in [0.4, 0.5) is 23.2 Å². The van der Waals surface area contributed by atoms with Crippen molar-refractivity contribution >= 4 is 24.2 Å². The molecule has 1 saturated heterocycles. The highest BCUT2D eigenvalue weighted by Crippen LogP contribution is 2.43. The van der Waals surface area contributed by atoms with Crippen LogP contribution in [0.2, 0.25) is 0 Å². The molecular formula is C20H20F4N4OS. The van der Waals surface area contributed by atoms with Crippen molar-refractivity contribution in [2.75, 3.05) is 11.4 Å². The molecule has 1 heterocycles. The van der Waals surface area contributed by atoms with Gasteiger partial charge in [-0.3, -0.25) is 9.69 Å². The number of thiol groups is 1. The lowest BCUT2D eigenvalue weighted by molar-refractivity contribution is -0.137. The highest BCUT2D eigenvalue weighted by Gasteiger charge is 2.52. The molecule has 0 aromatic heterocycles. The molecule has 1 fully saturated rings. The second-order valence-electron chi connectivity index (χ2n) is 7.58. The van der Waals surface area contributed by atoms with Crippen LogP contribution in [-0.2, 0) is 11.0 Å². The lowest BCUT2D eigenvalue weighted by Gasteiger charge is -2.36. The summed E-state index contributed by atoms with van der Waals surface area (Å²) in [7, 11) is 0. The number of hydrogen-bond acceptors (Lipinski definition) is 5. The number of carbonyl (C=O) groups is 1. The van der Waals surface area contributed by atoms with Gasteiger partial charge in [0.2, 0.25) is 0 Å². The Bertz CT molecular complexity index is 994. The van der Waals surface area contributed by atoms with Gasteiger partial charge in [-0.2, -0.15) is 18.4 Å². The second-order valence-corrected chi connectivity index (χ2v) is 8.04. The fraction of sp³-hybridized carbons (Fsp3) is 0.400. The van der Waals surface area contributed by atoms with Gasteiger partial charge in [0.05, 0.1) is 17.2 Å². The van der Waals surface area contributed by atoms with Gasteiger partial charge in [0, 0.05) is 17.9 Å². The van der Waals surface area contributed by atoms with Crippen LogP contribution in [0.15, 0.2) is 41.4 Å². The number of hydrogen-bond donors (Lipinski definition) is 2. The first-order chi connectivity index (χ1) is 13.9. The van der Waals surface area contributed by atoms with Gasteiger partial charge < -0.3 is 10.6 Å². The van der Waals surface area contributed by atoms with Crippen molar-refractivity contribution in [1.29, 1.82) is 5.26 Å². The Morgan fingerprint density at radius 3 is 2.53 bits per heavy atom. The van der Waals surface area contributed by atoms with Crippen molar-refractivity contribution in [3.8, 4) is 6.07 Å². The molecule has 0 saturated carbocycles. The predicted molar refractivity (Wildman–Crippen MR) is 107 cm³/mol. The van der Waals surface area contributed by atoms with E-state index in [-0.39, 0.29) is 12.2 Å². The summed E-state index contributed by atoms with van der Waals surface area (Å²) in [5.74, 6) is -0.964. The average Bonchev–Trinajstić information content (AvgIpc) is 2.85. The summed E-state index contributed by atoms with van der Waals surface area (Å²) < 4.78 is 54.5. The molecule has 0 radical (unpaired) electrons. The van der Waals surface area contributed by atoms with Crippen LogP contribution >= 0.6 is 12.6 Å². The maximum atomic E-state index is 14.3. The summed E-state index contributed by atoms with van der Waals surface area (Å²) in [6.45, 7) is 3.29. The zero-order valence-corrected chi connectivity index (χ0v) is 17.2. The quantitative estimate of drug-likeness (QED) is 0.549. The number of rotatable bonds is 3. The van der Waals surface area contributed by atoms with E-state index in [1.807, 2.05) is 0 Å². The van der Waals surface area contributed by atoms with Gasteiger partial charge >= 0.3 is 6.18 Å². The topological polar surface area (TPSA) is 73.4 Å². The molecule has 160 valence electrons. The fourth-order valence-corrected chi connectivity index (χ4v) is 4.46. The molecule has 1 aromatic rings. The van der Waals surface area contributed by atoms with E-state index in [9.17, 15) is 22.4 Å². The van der Waals surface area contributed by atoms with Gasteiger partial charge in [-0.05, 0) is 56.5 Å². The van der Waals surface area contributed by atoms with Gasteiger partial charge in [0.1, 0.15) is 11.4 Å². The molecule has 5 nitrogen and oxygen atoms in total. The fourth-order valence-electron chi connectivity index (χ4n) is 3.79. The summed E-state index contributed by atoms with van der Waals surface area (Å²) in [4.78, 5) is 15.9. The van der Waals surface area contributed by atoms with Gasteiger partial charge in [-0.15, -0.1) is 12.6 Å². The number of halogens is 4. The van der Waals surface area contributed by atoms with E-state index < -0.39 is 40.1 Å². The minimum absolute atomic E-state index is 0.0445. The maximum absolute atomic E-state index is 14.3. The third kappa shape index (κ3) is 3.56. The predicted octanol–water partition coefficient (Wildman–Crippen LogP) is 4.08. The Morgan fingerprint density at radius 1 is 1.33 bits per heavy atom. The van der Waals surface area contributed by atoms with Crippen LogP contribution < -0.4 is 10.6 Å². The van der Waals surface area contributed by atoms with Crippen molar-refractivity contribution in [2.45, 2.75) is 43.9 Å².